The molecule has 0 aliphatic heterocycles. The number of nitriles is 2. The van der Waals surface area contributed by atoms with Crippen LogP contribution in [0.25, 0.3) is 43.9 Å². The molecule has 178 valence electrons. The van der Waals surface area contributed by atoms with Gasteiger partial charge < -0.3 is 21.6 Å². The van der Waals surface area contributed by atoms with Crippen LogP contribution < -0.4 is 0 Å². The zero-order valence-electron chi connectivity index (χ0n) is 20.9. The molecule has 0 N–H and O–H groups in total. The molecular formula is C30H24N6-4. The van der Waals surface area contributed by atoms with Crippen molar-refractivity contribution in [1.29, 1.82) is 10.5 Å². The highest BCUT2D eigenvalue weighted by atomic mass is 14.5. The maximum absolute atomic E-state index is 10.2. The smallest absolute Gasteiger partial charge is 0.106 e. The van der Waals surface area contributed by atoms with Gasteiger partial charge in [0, 0.05) is 22.3 Å². The molecule has 0 saturated heterocycles. The Balaban J connectivity index is 2.58. The molecular weight excluding hydrogens is 444 g/mol. The van der Waals surface area contributed by atoms with Gasteiger partial charge in [-0.2, -0.15) is 10.5 Å². The number of hydrogen-bond donors (Lipinski definition) is 0. The van der Waals surface area contributed by atoms with E-state index in [1.807, 2.05) is 51.6 Å². The molecule has 0 bridgehead atoms. The summed E-state index contributed by atoms with van der Waals surface area (Å²) in [5.74, 6) is 8.65. The molecule has 1 aromatic carbocycles. The average molecular weight is 469 g/mol. The minimum atomic E-state index is -0.0627. The van der Waals surface area contributed by atoms with Crippen LogP contribution in [-0.2, 0) is 0 Å². The van der Waals surface area contributed by atoms with Gasteiger partial charge in [-0.15, -0.1) is 0 Å². The van der Waals surface area contributed by atoms with E-state index >= 15 is 0 Å². The van der Waals surface area contributed by atoms with E-state index in [1.54, 1.807) is 0 Å². The topological polar surface area (TPSA) is 137 Å². The number of benzene rings is 1. The van der Waals surface area contributed by atoms with E-state index in [4.69, 9.17) is 0 Å². The Hall–Kier alpha value is -4.52. The molecule has 0 amide bonds. The largest absolute Gasteiger partial charge is 0.763 e. The van der Waals surface area contributed by atoms with Gasteiger partial charge in [-0.3, -0.25) is 11.7 Å². The van der Waals surface area contributed by atoms with Crippen molar-refractivity contribution in [1.82, 2.24) is 0 Å². The fraction of sp³-hybridized carbons (Fsp3) is 0.333. The summed E-state index contributed by atoms with van der Waals surface area (Å²) in [5.41, 5.74) is 6.84. The lowest BCUT2D eigenvalue weighted by molar-refractivity contribution is 0.803. The first kappa shape index (κ1) is 26.1. The van der Waals surface area contributed by atoms with Gasteiger partial charge in [-0.1, -0.05) is 26.7 Å². The van der Waals surface area contributed by atoms with Gasteiger partial charge in [0.1, 0.15) is 12.1 Å². The van der Waals surface area contributed by atoms with Crippen molar-refractivity contribution in [2.75, 3.05) is 0 Å². The van der Waals surface area contributed by atoms with Gasteiger partial charge in [0.2, 0.25) is 0 Å². The van der Waals surface area contributed by atoms with Crippen LogP contribution in [0.1, 0.15) is 85.8 Å². The molecule has 0 aromatic heterocycles. The standard InChI is InChI=1S/C30H24N6/c1-5-7-9-21-23(15-35)25-17(3)28-26(18(4)27(25)29(21)19(11-31)12-32)24(16-36)22(10-8-6-2)30(28)20(13-33)14-34/h5-10H2,1-4H3/q-4. The molecule has 36 heavy (non-hydrogen) atoms. The van der Waals surface area contributed by atoms with Gasteiger partial charge in [-0.25, -0.2) is 11.7 Å². The molecule has 0 atom stereocenters. The Morgan fingerprint density at radius 3 is 1.25 bits per heavy atom. The minimum Gasteiger partial charge on any atom is -0.763 e. The zero-order chi connectivity index (χ0) is 26.6. The molecule has 1 aromatic rings. The lowest BCUT2D eigenvalue weighted by atomic mass is 9.83. The summed E-state index contributed by atoms with van der Waals surface area (Å²) >= 11 is 0. The zero-order valence-corrected chi connectivity index (χ0v) is 20.9. The van der Waals surface area contributed by atoms with Crippen molar-refractivity contribution in [3.63, 3.8) is 0 Å². The maximum Gasteiger partial charge on any atom is 0.106 e. The summed E-state index contributed by atoms with van der Waals surface area (Å²) in [5, 5.41) is 59.7. The van der Waals surface area contributed by atoms with Crippen molar-refractivity contribution < 1.29 is 0 Å². The van der Waals surface area contributed by atoms with Crippen molar-refractivity contribution in [3.8, 4) is 12.1 Å². The number of nitrogens with zero attached hydrogens (tertiary/aromatic N) is 6. The molecule has 0 saturated carbocycles. The van der Waals surface area contributed by atoms with Crippen LogP contribution >= 0.6 is 0 Å². The highest BCUT2D eigenvalue weighted by Gasteiger charge is 2.38. The Morgan fingerprint density at radius 1 is 0.639 bits per heavy atom. The van der Waals surface area contributed by atoms with E-state index in [-0.39, 0.29) is 11.1 Å². The van der Waals surface area contributed by atoms with Crippen LogP contribution in [0.5, 0.6) is 0 Å². The van der Waals surface area contributed by atoms with Crippen LogP contribution in [-0.4, -0.2) is 23.5 Å². The molecule has 0 heterocycles. The molecule has 6 nitrogen and oxygen atoms in total. The van der Waals surface area contributed by atoms with Crippen molar-refractivity contribution >= 4 is 45.8 Å². The van der Waals surface area contributed by atoms with Crippen LogP contribution in [0.15, 0.2) is 22.3 Å². The average Bonchev–Trinajstić information content (AvgIpc) is 3.39. The predicted molar refractivity (Wildman–Crippen MR) is 147 cm³/mol. The van der Waals surface area contributed by atoms with Crippen molar-refractivity contribution in [3.05, 3.63) is 77.3 Å². The molecule has 0 spiro atoms. The molecule has 0 unspecified atom stereocenters. The van der Waals surface area contributed by atoms with Gasteiger partial charge in [0.15, 0.2) is 0 Å². The summed E-state index contributed by atoms with van der Waals surface area (Å²) in [4.78, 5) is 0. The first-order chi connectivity index (χ1) is 17.4. The lowest BCUT2D eigenvalue weighted by Gasteiger charge is -2.20. The summed E-state index contributed by atoms with van der Waals surface area (Å²) in [7, 11) is 0. The second kappa shape index (κ2) is 10.8. The maximum atomic E-state index is 10.2. The number of unbranched alkanes of at least 4 members (excludes halogenated alkanes) is 2. The minimum absolute atomic E-state index is 0.0627. The Labute approximate surface area is 212 Å². The third kappa shape index (κ3) is 3.79. The number of hydrogen-bond acceptors (Lipinski definition) is 2. The number of fused-ring (bicyclic) bond motifs is 2. The second-order valence-corrected chi connectivity index (χ2v) is 8.84. The van der Waals surface area contributed by atoms with E-state index in [9.17, 15) is 32.2 Å². The van der Waals surface area contributed by atoms with Crippen LogP contribution in [0.2, 0.25) is 0 Å². The van der Waals surface area contributed by atoms with Crippen molar-refractivity contribution in [2.24, 2.45) is 0 Å². The van der Waals surface area contributed by atoms with E-state index < -0.39 is 0 Å². The van der Waals surface area contributed by atoms with Gasteiger partial charge in [0.05, 0.1) is 11.1 Å². The fourth-order valence-corrected chi connectivity index (χ4v) is 5.38. The lowest BCUT2D eigenvalue weighted by Crippen LogP contribution is -2.04. The normalized spacial score (nSPS) is 13.3. The first-order valence-corrected chi connectivity index (χ1v) is 12.0. The second-order valence-electron chi connectivity index (χ2n) is 8.84. The molecule has 0 fully saturated rings. The molecule has 2 aliphatic rings. The Bertz CT molecular complexity index is 1420. The quantitative estimate of drug-likeness (QED) is 0.304. The molecule has 6 heteroatoms. The highest BCUT2D eigenvalue weighted by molar-refractivity contribution is 6.22. The van der Waals surface area contributed by atoms with Crippen LogP contribution in [0, 0.1) is 36.5 Å². The van der Waals surface area contributed by atoms with E-state index in [1.165, 1.54) is 0 Å². The van der Waals surface area contributed by atoms with E-state index in [0.717, 1.165) is 25.7 Å². The highest BCUT2D eigenvalue weighted by Crippen LogP contribution is 2.55. The SMILES string of the molecule is CCCCC1=C(C(=C=[N-])C#N)c2c(C)c3c(c(C)c2C1=C=[N-])C(C(=C=[N-])C#N)=C(CCCC)C3=C=[N-]. The van der Waals surface area contributed by atoms with E-state index in [0.29, 0.717) is 79.7 Å². The summed E-state index contributed by atoms with van der Waals surface area (Å²) in [6, 6.07) is 4.02. The molecule has 2 aliphatic carbocycles. The summed E-state index contributed by atoms with van der Waals surface area (Å²) < 4.78 is 0. The van der Waals surface area contributed by atoms with Gasteiger partial charge in [0.25, 0.3) is 0 Å². The predicted octanol–water partition coefficient (Wildman–Crippen LogP) is 6.84. The van der Waals surface area contributed by atoms with Gasteiger partial charge in [-0.05, 0) is 84.1 Å². The summed E-state index contributed by atoms with van der Waals surface area (Å²) in [6.45, 7) is 7.72. The fourth-order valence-electron chi connectivity index (χ4n) is 5.38. The molecule has 0 radical (unpaired) electrons. The number of rotatable bonds is 8. The summed E-state index contributed by atoms with van der Waals surface area (Å²) in [6.07, 6.45) is 4.37. The third-order valence-electron chi connectivity index (χ3n) is 6.94. The number of allylic oxidation sites excluding steroid dienone is 8. The van der Waals surface area contributed by atoms with E-state index in [2.05, 4.69) is 11.7 Å². The third-order valence-corrected chi connectivity index (χ3v) is 6.94. The van der Waals surface area contributed by atoms with Crippen LogP contribution in [0.4, 0.5) is 0 Å². The van der Waals surface area contributed by atoms with Crippen LogP contribution in [0.3, 0.4) is 0 Å². The monoisotopic (exact) mass is 468 g/mol. The first-order valence-electron chi connectivity index (χ1n) is 12.0. The Kier molecular flexibility index (Phi) is 7.84. The molecule has 3 rings (SSSR count). The Morgan fingerprint density at radius 2 is 1.00 bits per heavy atom. The van der Waals surface area contributed by atoms with Crippen molar-refractivity contribution in [2.45, 2.75) is 66.2 Å². The van der Waals surface area contributed by atoms with Gasteiger partial charge >= 0.3 is 0 Å².